The molecule has 1 amide bonds. The van der Waals surface area contributed by atoms with E-state index in [1.165, 1.54) is 0 Å². The zero-order chi connectivity index (χ0) is 10.3. The Morgan fingerprint density at radius 3 is 2.69 bits per heavy atom. The molecule has 1 atom stereocenters. The normalized spacial score (nSPS) is 14.0. The molecular formula is C9H17NO3. The van der Waals surface area contributed by atoms with Crippen LogP contribution >= 0.6 is 0 Å². The maximum absolute atomic E-state index is 11.2. The fraction of sp³-hybridized carbons (Fsp3) is 0.667. The Balaban J connectivity index is 3.81. The highest BCUT2D eigenvalue weighted by molar-refractivity contribution is 5.92. The number of rotatable bonds is 5. The molecule has 0 bridgehead atoms. The van der Waals surface area contributed by atoms with Gasteiger partial charge in [0.1, 0.15) is 0 Å². The predicted octanol–water partition coefficient (Wildman–Crippen LogP) is -0.188. The van der Waals surface area contributed by atoms with Crippen molar-refractivity contribution in [3.05, 3.63) is 11.6 Å². The van der Waals surface area contributed by atoms with Crippen LogP contribution in [-0.4, -0.2) is 35.4 Å². The zero-order valence-electron chi connectivity index (χ0n) is 8.08. The van der Waals surface area contributed by atoms with E-state index < -0.39 is 6.10 Å². The van der Waals surface area contributed by atoms with Gasteiger partial charge in [-0.15, -0.1) is 0 Å². The van der Waals surface area contributed by atoms with Crippen molar-refractivity contribution in [2.24, 2.45) is 0 Å². The van der Waals surface area contributed by atoms with Crippen LogP contribution < -0.4 is 5.32 Å². The second kappa shape index (κ2) is 6.62. The number of allylic oxidation sites excluding steroid dienone is 1. The molecular weight excluding hydrogens is 170 g/mol. The molecule has 0 rings (SSSR count). The molecule has 0 heterocycles. The van der Waals surface area contributed by atoms with Crippen molar-refractivity contribution in [2.75, 3.05) is 13.2 Å². The molecule has 3 N–H and O–H groups in total. The van der Waals surface area contributed by atoms with Gasteiger partial charge in [0.15, 0.2) is 0 Å². The van der Waals surface area contributed by atoms with Crippen molar-refractivity contribution < 1.29 is 15.0 Å². The van der Waals surface area contributed by atoms with Crippen LogP contribution in [0.4, 0.5) is 0 Å². The summed E-state index contributed by atoms with van der Waals surface area (Å²) in [6.07, 6.45) is 1.74. The number of carbonyl (C=O) groups excluding carboxylic acids is 1. The van der Waals surface area contributed by atoms with Crippen LogP contribution in [0.2, 0.25) is 0 Å². The van der Waals surface area contributed by atoms with E-state index in [4.69, 9.17) is 10.2 Å². The Hall–Kier alpha value is -0.870. The van der Waals surface area contributed by atoms with E-state index in [9.17, 15) is 4.79 Å². The summed E-state index contributed by atoms with van der Waals surface area (Å²) in [5.41, 5.74) is 0.632. The summed E-state index contributed by atoms with van der Waals surface area (Å²) >= 11 is 0. The Morgan fingerprint density at radius 2 is 2.23 bits per heavy atom. The molecule has 0 aromatic heterocycles. The first-order chi connectivity index (χ1) is 6.11. The van der Waals surface area contributed by atoms with E-state index in [0.29, 0.717) is 5.57 Å². The summed E-state index contributed by atoms with van der Waals surface area (Å²) in [5.74, 6) is -0.200. The minimum absolute atomic E-state index is 0.0875. The van der Waals surface area contributed by atoms with Gasteiger partial charge in [-0.2, -0.15) is 0 Å². The average Bonchev–Trinajstić information content (AvgIpc) is 2.13. The van der Waals surface area contributed by atoms with E-state index in [0.717, 1.165) is 6.42 Å². The minimum atomic E-state index is -0.877. The van der Waals surface area contributed by atoms with Crippen molar-refractivity contribution >= 4 is 5.91 Å². The number of hydrogen-bond acceptors (Lipinski definition) is 3. The molecule has 0 spiro atoms. The van der Waals surface area contributed by atoms with Gasteiger partial charge in [0.25, 0.3) is 0 Å². The lowest BCUT2D eigenvalue weighted by Crippen LogP contribution is -2.34. The van der Waals surface area contributed by atoms with Crippen molar-refractivity contribution in [3.8, 4) is 0 Å². The van der Waals surface area contributed by atoms with E-state index in [1.54, 1.807) is 13.0 Å². The molecule has 13 heavy (non-hydrogen) atoms. The quantitative estimate of drug-likeness (QED) is 0.523. The van der Waals surface area contributed by atoms with Gasteiger partial charge in [-0.25, -0.2) is 0 Å². The molecule has 0 aliphatic heterocycles. The van der Waals surface area contributed by atoms with E-state index in [-0.39, 0.29) is 19.1 Å². The molecule has 1 unspecified atom stereocenters. The third kappa shape index (κ3) is 5.38. The highest BCUT2D eigenvalue weighted by Gasteiger charge is 2.06. The predicted molar refractivity (Wildman–Crippen MR) is 50.2 cm³/mol. The Kier molecular flexibility index (Phi) is 6.18. The van der Waals surface area contributed by atoms with Gasteiger partial charge in [-0.1, -0.05) is 13.0 Å². The summed E-state index contributed by atoms with van der Waals surface area (Å²) in [5, 5.41) is 19.9. The molecule has 4 nitrogen and oxygen atoms in total. The molecule has 76 valence electrons. The van der Waals surface area contributed by atoms with Gasteiger partial charge in [0.05, 0.1) is 12.7 Å². The smallest absolute Gasteiger partial charge is 0.246 e. The first kappa shape index (κ1) is 12.1. The molecule has 0 aromatic rings. The molecule has 0 fully saturated rings. The van der Waals surface area contributed by atoms with E-state index in [1.807, 2.05) is 6.92 Å². The average molecular weight is 187 g/mol. The van der Waals surface area contributed by atoms with Gasteiger partial charge < -0.3 is 15.5 Å². The highest BCUT2D eigenvalue weighted by Crippen LogP contribution is 1.94. The van der Waals surface area contributed by atoms with Gasteiger partial charge in [-0.05, 0) is 13.3 Å². The molecule has 0 saturated carbocycles. The van der Waals surface area contributed by atoms with Gasteiger partial charge in [0.2, 0.25) is 5.91 Å². The first-order valence-electron chi connectivity index (χ1n) is 4.35. The molecule has 0 saturated heterocycles. The second-order valence-electron chi connectivity index (χ2n) is 2.84. The van der Waals surface area contributed by atoms with E-state index >= 15 is 0 Å². The SMILES string of the molecule is CCC=C(C)C(=O)NCC(O)CO. The lowest BCUT2D eigenvalue weighted by molar-refractivity contribution is -0.118. The third-order valence-corrected chi connectivity index (χ3v) is 1.58. The van der Waals surface area contributed by atoms with Crippen LogP contribution in [-0.2, 0) is 4.79 Å². The molecule has 0 radical (unpaired) electrons. The summed E-state index contributed by atoms with van der Waals surface area (Å²) in [7, 11) is 0. The van der Waals surface area contributed by atoms with Crippen LogP contribution in [0.1, 0.15) is 20.3 Å². The zero-order valence-corrected chi connectivity index (χ0v) is 8.08. The molecule has 4 heteroatoms. The fourth-order valence-corrected chi connectivity index (χ4v) is 0.813. The topological polar surface area (TPSA) is 69.6 Å². The van der Waals surface area contributed by atoms with E-state index in [2.05, 4.69) is 5.32 Å². The lowest BCUT2D eigenvalue weighted by atomic mass is 10.2. The maximum Gasteiger partial charge on any atom is 0.246 e. The van der Waals surface area contributed by atoms with Crippen LogP contribution in [0.3, 0.4) is 0 Å². The Labute approximate surface area is 78.3 Å². The van der Waals surface area contributed by atoms with Crippen molar-refractivity contribution in [2.45, 2.75) is 26.4 Å². The van der Waals surface area contributed by atoms with Gasteiger partial charge in [0, 0.05) is 12.1 Å². The van der Waals surface area contributed by atoms with Crippen molar-refractivity contribution in [1.29, 1.82) is 0 Å². The lowest BCUT2D eigenvalue weighted by Gasteiger charge is -2.08. The fourth-order valence-electron chi connectivity index (χ4n) is 0.813. The molecule has 0 aliphatic rings. The summed E-state index contributed by atoms with van der Waals surface area (Å²) in [6.45, 7) is 3.41. The van der Waals surface area contributed by atoms with Gasteiger partial charge >= 0.3 is 0 Å². The van der Waals surface area contributed by atoms with Crippen molar-refractivity contribution in [3.63, 3.8) is 0 Å². The largest absolute Gasteiger partial charge is 0.394 e. The van der Waals surface area contributed by atoms with Crippen LogP contribution in [0, 0.1) is 0 Å². The number of aliphatic hydroxyl groups is 2. The minimum Gasteiger partial charge on any atom is -0.394 e. The van der Waals surface area contributed by atoms with Gasteiger partial charge in [-0.3, -0.25) is 4.79 Å². The highest BCUT2D eigenvalue weighted by atomic mass is 16.3. The first-order valence-corrected chi connectivity index (χ1v) is 4.35. The molecule has 0 aliphatic carbocycles. The summed E-state index contributed by atoms with van der Waals surface area (Å²) in [4.78, 5) is 11.2. The Bertz CT molecular complexity index is 189. The third-order valence-electron chi connectivity index (χ3n) is 1.58. The standard InChI is InChI=1S/C9H17NO3/c1-3-4-7(2)9(13)10-5-8(12)6-11/h4,8,11-12H,3,5-6H2,1-2H3,(H,10,13). The molecule has 0 aromatic carbocycles. The number of carbonyl (C=O) groups is 1. The summed E-state index contributed by atoms with van der Waals surface area (Å²) < 4.78 is 0. The maximum atomic E-state index is 11.2. The summed E-state index contributed by atoms with van der Waals surface area (Å²) in [6, 6.07) is 0. The number of nitrogens with one attached hydrogen (secondary N) is 1. The van der Waals surface area contributed by atoms with Crippen LogP contribution in [0.25, 0.3) is 0 Å². The number of aliphatic hydroxyl groups excluding tert-OH is 2. The number of amides is 1. The monoisotopic (exact) mass is 187 g/mol. The second-order valence-corrected chi connectivity index (χ2v) is 2.84. The Morgan fingerprint density at radius 1 is 1.62 bits per heavy atom. The van der Waals surface area contributed by atoms with Crippen LogP contribution in [0.5, 0.6) is 0 Å². The van der Waals surface area contributed by atoms with Crippen LogP contribution in [0.15, 0.2) is 11.6 Å². The number of hydrogen-bond donors (Lipinski definition) is 3. The van der Waals surface area contributed by atoms with Crippen molar-refractivity contribution in [1.82, 2.24) is 5.32 Å².